The summed E-state index contributed by atoms with van der Waals surface area (Å²) in [5.74, 6) is 2.70. The third-order valence-electron chi connectivity index (χ3n) is 4.67. The number of halogens is 1. The van der Waals surface area contributed by atoms with Gasteiger partial charge in [-0.05, 0) is 25.7 Å². The lowest BCUT2D eigenvalue weighted by Gasteiger charge is -2.36. The van der Waals surface area contributed by atoms with E-state index < -0.39 is 10.0 Å². The Labute approximate surface area is 174 Å². The molecule has 2 aliphatic heterocycles. The summed E-state index contributed by atoms with van der Waals surface area (Å²) in [7, 11) is -3.13. The molecule has 0 amide bonds. The lowest BCUT2D eigenvalue weighted by atomic mass is 10.1. The highest BCUT2D eigenvalue weighted by molar-refractivity contribution is 14.0. The molecule has 1 unspecified atom stereocenters. The van der Waals surface area contributed by atoms with Crippen molar-refractivity contribution in [1.82, 2.24) is 14.5 Å². The van der Waals surface area contributed by atoms with Gasteiger partial charge in [0.25, 0.3) is 0 Å². The molecule has 0 saturated carbocycles. The minimum atomic E-state index is -3.13. The number of thioether (sulfide) groups is 1. The van der Waals surface area contributed by atoms with Gasteiger partial charge in [-0.25, -0.2) is 8.42 Å². The predicted molar refractivity (Wildman–Crippen MR) is 119 cm³/mol. The summed E-state index contributed by atoms with van der Waals surface area (Å²) in [6.07, 6.45) is 3.13. The third-order valence-corrected chi connectivity index (χ3v) is 7.54. The van der Waals surface area contributed by atoms with Crippen molar-refractivity contribution in [3.63, 3.8) is 0 Å². The molecule has 0 spiro atoms. The molecule has 1 N–H and O–H groups in total. The zero-order chi connectivity index (χ0) is 17.7. The molecule has 2 atom stereocenters. The SMILES string of the molecule is CCNC(=NC[C@H]1CCCN1S(C)(=O)=O)N1CCSC(C(C)C)C1.I. The molecule has 2 rings (SSSR count). The Kier molecular flexibility index (Phi) is 9.84. The second kappa shape index (κ2) is 10.6. The van der Waals surface area contributed by atoms with Crippen LogP contribution in [-0.2, 0) is 10.0 Å². The molecule has 0 radical (unpaired) electrons. The van der Waals surface area contributed by atoms with Crippen LogP contribution in [0.1, 0.15) is 33.6 Å². The fourth-order valence-electron chi connectivity index (χ4n) is 3.32. The average Bonchev–Trinajstić information content (AvgIpc) is 3.00. The Morgan fingerprint density at radius 2 is 2.08 bits per heavy atom. The van der Waals surface area contributed by atoms with Crippen molar-refractivity contribution in [2.24, 2.45) is 10.9 Å². The maximum absolute atomic E-state index is 11.9. The summed E-state index contributed by atoms with van der Waals surface area (Å²) in [4.78, 5) is 7.13. The predicted octanol–water partition coefficient (Wildman–Crippen LogP) is 2.07. The van der Waals surface area contributed by atoms with E-state index in [1.165, 1.54) is 6.26 Å². The van der Waals surface area contributed by atoms with Gasteiger partial charge in [0, 0.05) is 43.2 Å². The molecule has 148 valence electrons. The molecule has 0 aliphatic carbocycles. The Morgan fingerprint density at radius 3 is 2.68 bits per heavy atom. The number of hydrogen-bond donors (Lipinski definition) is 1. The number of hydrogen-bond acceptors (Lipinski definition) is 4. The first-order chi connectivity index (χ1) is 11.3. The highest BCUT2D eigenvalue weighted by Crippen LogP contribution is 2.25. The second-order valence-corrected chi connectivity index (χ2v) is 10.2. The molecule has 9 heteroatoms. The van der Waals surface area contributed by atoms with Crippen molar-refractivity contribution >= 4 is 51.7 Å². The van der Waals surface area contributed by atoms with Gasteiger partial charge in [0.15, 0.2) is 5.96 Å². The van der Waals surface area contributed by atoms with Crippen LogP contribution >= 0.6 is 35.7 Å². The van der Waals surface area contributed by atoms with Crippen LogP contribution in [-0.4, -0.2) is 79.6 Å². The van der Waals surface area contributed by atoms with Gasteiger partial charge in [-0.1, -0.05) is 13.8 Å². The molecule has 2 saturated heterocycles. The smallest absolute Gasteiger partial charge is 0.211 e. The number of rotatable bonds is 5. The quantitative estimate of drug-likeness (QED) is 0.353. The topological polar surface area (TPSA) is 65.0 Å². The van der Waals surface area contributed by atoms with Crippen LogP contribution in [0.4, 0.5) is 0 Å². The van der Waals surface area contributed by atoms with Gasteiger partial charge in [-0.2, -0.15) is 16.1 Å². The molecule has 0 bridgehead atoms. The highest BCUT2D eigenvalue weighted by atomic mass is 127. The average molecular weight is 505 g/mol. The Hall–Kier alpha value is 0.260. The van der Waals surface area contributed by atoms with E-state index in [-0.39, 0.29) is 30.0 Å². The van der Waals surface area contributed by atoms with E-state index in [0.717, 1.165) is 44.2 Å². The minimum absolute atomic E-state index is 0. The molecular formula is C16H33IN4O2S2. The zero-order valence-corrected chi connectivity index (χ0v) is 19.7. The van der Waals surface area contributed by atoms with Crippen LogP contribution in [0.15, 0.2) is 4.99 Å². The van der Waals surface area contributed by atoms with E-state index in [2.05, 4.69) is 31.0 Å². The largest absolute Gasteiger partial charge is 0.357 e. The zero-order valence-electron chi connectivity index (χ0n) is 15.8. The first kappa shape index (κ1) is 23.3. The fraction of sp³-hybridized carbons (Fsp3) is 0.938. The lowest BCUT2D eigenvalue weighted by Crippen LogP contribution is -2.49. The molecule has 2 fully saturated rings. The van der Waals surface area contributed by atoms with Crippen molar-refractivity contribution in [3.8, 4) is 0 Å². The van der Waals surface area contributed by atoms with Crippen molar-refractivity contribution in [1.29, 1.82) is 0 Å². The van der Waals surface area contributed by atoms with Crippen molar-refractivity contribution in [3.05, 3.63) is 0 Å². The Bertz CT molecular complexity index is 542. The van der Waals surface area contributed by atoms with Crippen LogP contribution in [0.2, 0.25) is 0 Å². The number of nitrogens with one attached hydrogen (secondary N) is 1. The Balaban J connectivity index is 0.00000312. The van der Waals surface area contributed by atoms with Crippen molar-refractivity contribution in [2.45, 2.75) is 44.9 Å². The van der Waals surface area contributed by atoms with Crippen LogP contribution < -0.4 is 5.32 Å². The standard InChI is InChI=1S/C16H32N4O2S2.HI/c1-5-17-16(19-9-10-23-15(12-19)13(2)3)18-11-14-7-6-8-20(14)24(4,21)22;/h13-15H,5-12H2,1-4H3,(H,17,18);1H/t14-,15?;/m1./s1. The lowest BCUT2D eigenvalue weighted by molar-refractivity contribution is 0.372. The molecule has 0 aromatic rings. The molecule has 0 aromatic heterocycles. The van der Waals surface area contributed by atoms with E-state index in [4.69, 9.17) is 4.99 Å². The van der Waals surface area contributed by atoms with Gasteiger partial charge in [-0.15, -0.1) is 24.0 Å². The van der Waals surface area contributed by atoms with Crippen LogP contribution in [0.5, 0.6) is 0 Å². The molecule has 6 nitrogen and oxygen atoms in total. The van der Waals surface area contributed by atoms with E-state index in [1.807, 2.05) is 11.8 Å². The summed E-state index contributed by atoms with van der Waals surface area (Å²) in [6.45, 7) is 10.6. The second-order valence-electron chi connectivity index (χ2n) is 6.96. The Morgan fingerprint density at radius 1 is 1.36 bits per heavy atom. The first-order valence-electron chi connectivity index (χ1n) is 8.94. The number of aliphatic imine (C=N–C) groups is 1. The number of sulfonamides is 1. The molecule has 0 aromatic carbocycles. The van der Waals surface area contributed by atoms with Gasteiger partial charge >= 0.3 is 0 Å². The molecule has 2 aliphatic rings. The van der Waals surface area contributed by atoms with Gasteiger partial charge in [0.1, 0.15) is 0 Å². The monoisotopic (exact) mass is 504 g/mol. The summed E-state index contributed by atoms with van der Waals surface area (Å²) < 4.78 is 25.4. The number of nitrogens with zero attached hydrogens (tertiary/aromatic N) is 3. The van der Waals surface area contributed by atoms with Gasteiger partial charge in [0.05, 0.1) is 12.8 Å². The third kappa shape index (κ3) is 6.73. The van der Waals surface area contributed by atoms with E-state index in [9.17, 15) is 8.42 Å². The van der Waals surface area contributed by atoms with Gasteiger partial charge in [-0.3, -0.25) is 4.99 Å². The van der Waals surface area contributed by atoms with Crippen LogP contribution in [0.25, 0.3) is 0 Å². The van der Waals surface area contributed by atoms with Crippen LogP contribution in [0.3, 0.4) is 0 Å². The maximum Gasteiger partial charge on any atom is 0.211 e. The normalized spacial score (nSPS) is 26.0. The molecule has 25 heavy (non-hydrogen) atoms. The first-order valence-corrected chi connectivity index (χ1v) is 11.8. The summed E-state index contributed by atoms with van der Waals surface area (Å²) in [6, 6.07) is 0.00807. The highest BCUT2D eigenvalue weighted by Gasteiger charge is 2.31. The summed E-state index contributed by atoms with van der Waals surface area (Å²) in [5.41, 5.74) is 0. The van der Waals surface area contributed by atoms with E-state index >= 15 is 0 Å². The van der Waals surface area contributed by atoms with Crippen molar-refractivity contribution < 1.29 is 8.42 Å². The van der Waals surface area contributed by atoms with E-state index in [0.29, 0.717) is 24.3 Å². The van der Waals surface area contributed by atoms with E-state index in [1.54, 1.807) is 4.31 Å². The molecule has 2 heterocycles. The molecular weight excluding hydrogens is 471 g/mol. The van der Waals surface area contributed by atoms with Crippen molar-refractivity contribution in [2.75, 3.05) is 44.7 Å². The fourth-order valence-corrected chi connectivity index (χ4v) is 5.79. The van der Waals surface area contributed by atoms with Gasteiger partial charge < -0.3 is 10.2 Å². The summed E-state index contributed by atoms with van der Waals surface area (Å²) in [5, 5.41) is 4.01. The summed E-state index contributed by atoms with van der Waals surface area (Å²) >= 11 is 2.05. The number of guanidine groups is 1. The van der Waals surface area contributed by atoms with Crippen LogP contribution in [0, 0.1) is 5.92 Å². The maximum atomic E-state index is 11.9. The minimum Gasteiger partial charge on any atom is -0.357 e. The van der Waals surface area contributed by atoms with Gasteiger partial charge in [0.2, 0.25) is 10.0 Å².